The van der Waals surface area contributed by atoms with E-state index in [9.17, 15) is 9.59 Å². The number of aromatic nitrogens is 1. The van der Waals surface area contributed by atoms with E-state index in [0.29, 0.717) is 17.0 Å². The zero-order valence-electron chi connectivity index (χ0n) is 12.9. The van der Waals surface area contributed by atoms with Crippen LogP contribution in [-0.4, -0.2) is 16.7 Å². The van der Waals surface area contributed by atoms with Crippen LogP contribution >= 0.6 is 0 Å². The highest BCUT2D eigenvalue weighted by Crippen LogP contribution is 2.33. The van der Waals surface area contributed by atoms with Crippen LogP contribution in [0.2, 0.25) is 0 Å². The number of benzene rings is 2. The molecule has 1 aromatic heterocycles. The molecule has 0 saturated heterocycles. The number of ketones is 1. The van der Waals surface area contributed by atoms with Crippen LogP contribution in [0.3, 0.4) is 0 Å². The molecule has 118 valence electrons. The van der Waals surface area contributed by atoms with Gasteiger partial charge in [-0.1, -0.05) is 18.2 Å². The number of fused-ring (bicyclic) bond motifs is 2. The first-order valence-corrected chi connectivity index (χ1v) is 7.54. The van der Waals surface area contributed by atoms with Crippen LogP contribution in [-0.2, 0) is 4.79 Å². The number of carbonyl (C=O) groups excluding carboxylic acids is 2. The van der Waals surface area contributed by atoms with Crippen molar-refractivity contribution in [1.82, 2.24) is 4.98 Å². The minimum atomic E-state index is -0.339. The SMILES string of the molecule is CC(=O)c1ccc2c(c1)NC(=O)/C(=C/c1c[nH]c3ccccc13)O2. The first kappa shape index (κ1) is 14.3. The fraction of sp³-hybridized carbons (Fsp3) is 0.0526. The summed E-state index contributed by atoms with van der Waals surface area (Å²) < 4.78 is 5.73. The molecular formula is C19H14N2O3. The maximum Gasteiger partial charge on any atom is 0.291 e. The average Bonchev–Trinajstić information content (AvgIpc) is 2.98. The van der Waals surface area contributed by atoms with E-state index in [1.54, 1.807) is 24.3 Å². The van der Waals surface area contributed by atoms with Gasteiger partial charge in [-0.3, -0.25) is 9.59 Å². The molecule has 24 heavy (non-hydrogen) atoms. The summed E-state index contributed by atoms with van der Waals surface area (Å²) in [6.07, 6.45) is 3.54. The second-order valence-electron chi connectivity index (χ2n) is 5.62. The molecule has 2 N–H and O–H groups in total. The highest BCUT2D eigenvalue weighted by atomic mass is 16.5. The molecule has 3 aromatic rings. The van der Waals surface area contributed by atoms with Crippen molar-refractivity contribution in [1.29, 1.82) is 0 Å². The monoisotopic (exact) mass is 318 g/mol. The molecule has 5 nitrogen and oxygen atoms in total. The van der Waals surface area contributed by atoms with Crippen LogP contribution in [0.1, 0.15) is 22.8 Å². The highest BCUT2D eigenvalue weighted by Gasteiger charge is 2.23. The first-order valence-electron chi connectivity index (χ1n) is 7.54. The van der Waals surface area contributed by atoms with E-state index in [4.69, 9.17) is 4.74 Å². The molecule has 0 aliphatic carbocycles. The van der Waals surface area contributed by atoms with Crippen LogP contribution in [0, 0.1) is 0 Å². The van der Waals surface area contributed by atoms with Gasteiger partial charge in [0.1, 0.15) is 0 Å². The van der Waals surface area contributed by atoms with Gasteiger partial charge < -0.3 is 15.0 Å². The number of ether oxygens (including phenoxy) is 1. The Balaban J connectivity index is 1.73. The van der Waals surface area contributed by atoms with Gasteiger partial charge in [-0.15, -0.1) is 0 Å². The van der Waals surface area contributed by atoms with E-state index < -0.39 is 0 Å². The van der Waals surface area contributed by atoms with Gasteiger partial charge in [0.25, 0.3) is 5.91 Å². The third kappa shape index (κ3) is 2.36. The number of rotatable bonds is 2. The molecule has 1 aliphatic rings. The standard InChI is InChI=1S/C19H14N2O3/c1-11(22)12-6-7-17-16(8-12)21-19(23)18(24-17)9-13-10-20-15-5-3-2-4-14(13)15/h2-10,20H,1H3,(H,21,23)/b18-9-. The maximum absolute atomic E-state index is 12.3. The molecule has 0 bridgehead atoms. The molecule has 0 radical (unpaired) electrons. The largest absolute Gasteiger partial charge is 0.449 e. The number of carbonyl (C=O) groups is 2. The van der Waals surface area contributed by atoms with Crippen molar-refractivity contribution in [3.63, 3.8) is 0 Å². The van der Waals surface area contributed by atoms with Crippen LogP contribution < -0.4 is 10.1 Å². The topological polar surface area (TPSA) is 71.2 Å². The minimum absolute atomic E-state index is 0.0628. The lowest BCUT2D eigenvalue weighted by Gasteiger charge is -2.20. The number of para-hydroxylation sites is 1. The molecule has 1 aliphatic heterocycles. The number of nitrogens with one attached hydrogen (secondary N) is 2. The summed E-state index contributed by atoms with van der Waals surface area (Å²) in [7, 11) is 0. The maximum atomic E-state index is 12.3. The van der Waals surface area contributed by atoms with E-state index in [0.717, 1.165) is 16.5 Å². The second kappa shape index (κ2) is 5.38. The number of H-pyrrole nitrogens is 1. The Morgan fingerprint density at radius 3 is 2.83 bits per heavy atom. The molecule has 1 amide bonds. The predicted molar refractivity (Wildman–Crippen MR) is 92.0 cm³/mol. The Morgan fingerprint density at radius 2 is 2.00 bits per heavy atom. The van der Waals surface area contributed by atoms with Gasteiger partial charge in [0.15, 0.2) is 17.3 Å². The number of Topliss-reactive ketones (excluding diaryl/α,β-unsaturated/α-hetero) is 1. The number of anilines is 1. The normalized spacial score (nSPS) is 15.0. The van der Waals surface area contributed by atoms with Crippen LogP contribution in [0.25, 0.3) is 17.0 Å². The van der Waals surface area contributed by atoms with Crippen molar-refractivity contribution in [3.8, 4) is 5.75 Å². The fourth-order valence-electron chi connectivity index (χ4n) is 2.73. The van der Waals surface area contributed by atoms with Crippen molar-refractivity contribution in [2.24, 2.45) is 0 Å². The molecule has 4 rings (SSSR count). The van der Waals surface area contributed by atoms with Gasteiger partial charge in [-0.05, 0) is 37.3 Å². The molecule has 2 heterocycles. The summed E-state index contributed by atoms with van der Waals surface area (Å²) in [5, 5.41) is 3.78. The molecule has 0 atom stereocenters. The summed E-state index contributed by atoms with van der Waals surface area (Å²) in [5.41, 5.74) is 2.90. The van der Waals surface area contributed by atoms with Crippen molar-refractivity contribution < 1.29 is 14.3 Å². The van der Waals surface area contributed by atoms with Gasteiger partial charge >= 0.3 is 0 Å². The number of amides is 1. The first-order chi connectivity index (χ1) is 11.6. The van der Waals surface area contributed by atoms with Gasteiger partial charge in [0, 0.05) is 28.2 Å². The lowest BCUT2D eigenvalue weighted by atomic mass is 10.1. The molecular weight excluding hydrogens is 304 g/mol. The van der Waals surface area contributed by atoms with E-state index in [1.807, 2.05) is 30.5 Å². The average molecular weight is 318 g/mol. The quantitative estimate of drug-likeness (QED) is 0.558. The predicted octanol–water partition coefficient (Wildman–Crippen LogP) is 3.74. The minimum Gasteiger partial charge on any atom is -0.449 e. The van der Waals surface area contributed by atoms with Crippen LogP contribution in [0.4, 0.5) is 5.69 Å². The van der Waals surface area contributed by atoms with E-state index >= 15 is 0 Å². The Hall–Kier alpha value is -3.34. The number of aromatic amines is 1. The molecule has 2 aromatic carbocycles. The van der Waals surface area contributed by atoms with Gasteiger partial charge in [0.2, 0.25) is 0 Å². The Morgan fingerprint density at radius 1 is 1.17 bits per heavy atom. The summed E-state index contributed by atoms with van der Waals surface area (Å²) in [4.78, 5) is 26.9. The van der Waals surface area contributed by atoms with Crippen molar-refractivity contribution >= 4 is 34.4 Å². The zero-order valence-corrected chi connectivity index (χ0v) is 12.9. The lowest BCUT2D eigenvalue weighted by molar-refractivity contribution is -0.115. The smallest absolute Gasteiger partial charge is 0.291 e. The van der Waals surface area contributed by atoms with Gasteiger partial charge in [0.05, 0.1) is 5.69 Å². The van der Waals surface area contributed by atoms with E-state index in [2.05, 4.69) is 10.3 Å². The summed E-state index contributed by atoms with van der Waals surface area (Å²) in [5.74, 6) is 0.328. The van der Waals surface area contributed by atoms with Gasteiger partial charge in [-0.25, -0.2) is 0 Å². The Labute approximate surface area is 137 Å². The molecule has 0 fully saturated rings. The summed E-state index contributed by atoms with van der Waals surface area (Å²) >= 11 is 0. The third-order valence-corrected chi connectivity index (χ3v) is 3.99. The van der Waals surface area contributed by atoms with E-state index in [1.165, 1.54) is 6.92 Å². The Kier molecular flexibility index (Phi) is 3.20. The fourth-order valence-corrected chi connectivity index (χ4v) is 2.73. The van der Waals surface area contributed by atoms with E-state index in [-0.39, 0.29) is 17.4 Å². The molecule has 5 heteroatoms. The van der Waals surface area contributed by atoms with Crippen molar-refractivity contribution in [3.05, 3.63) is 65.5 Å². The van der Waals surface area contributed by atoms with Crippen molar-refractivity contribution in [2.45, 2.75) is 6.92 Å². The van der Waals surface area contributed by atoms with Crippen LogP contribution in [0.5, 0.6) is 5.75 Å². The summed E-state index contributed by atoms with van der Waals surface area (Å²) in [6, 6.07) is 12.8. The molecule has 0 saturated carbocycles. The second-order valence-corrected chi connectivity index (χ2v) is 5.62. The molecule has 0 unspecified atom stereocenters. The molecule has 0 spiro atoms. The van der Waals surface area contributed by atoms with Gasteiger partial charge in [-0.2, -0.15) is 0 Å². The highest BCUT2D eigenvalue weighted by molar-refractivity contribution is 6.10. The van der Waals surface area contributed by atoms with Crippen molar-refractivity contribution in [2.75, 3.05) is 5.32 Å². The Bertz CT molecular complexity index is 1010. The third-order valence-electron chi connectivity index (χ3n) is 3.99. The summed E-state index contributed by atoms with van der Waals surface area (Å²) in [6.45, 7) is 1.48. The number of hydrogen-bond acceptors (Lipinski definition) is 3. The number of hydrogen-bond donors (Lipinski definition) is 2. The van der Waals surface area contributed by atoms with Crippen LogP contribution in [0.15, 0.2) is 54.4 Å². The lowest BCUT2D eigenvalue weighted by Crippen LogP contribution is -2.23. The zero-order chi connectivity index (χ0) is 16.7.